The van der Waals surface area contributed by atoms with E-state index in [2.05, 4.69) is 11.9 Å². The number of halogens is 1. The summed E-state index contributed by atoms with van der Waals surface area (Å²) in [7, 11) is 0. The fourth-order valence-electron chi connectivity index (χ4n) is 3.55. The Morgan fingerprint density at radius 1 is 1.43 bits per heavy atom. The summed E-state index contributed by atoms with van der Waals surface area (Å²) in [5.41, 5.74) is 0.0964. The van der Waals surface area contributed by atoms with Gasteiger partial charge in [-0.3, -0.25) is 0 Å². The first-order valence-electron chi connectivity index (χ1n) is 8.22. The molecule has 1 N–H and O–H groups in total. The zero-order valence-corrected chi connectivity index (χ0v) is 13.3. The van der Waals surface area contributed by atoms with E-state index in [4.69, 9.17) is 4.74 Å². The first-order chi connectivity index (χ1) is 11.1. The first kappa shape index (κ1) is 16.0. The maximum absolute atomic E-state index is 13.2. The van der Waals surface area contributed by atoms with E-state index in [0.717, 1.165) is 31.5 Å². The van der Waals surface area contributed by atoms with Gasteiger partial charge in [0.1, 0.15) is 11.4 Å². The third-order valence-corrected chi connectivity index (χ3v) is 4.83. The second-order valence-electron chi connectivity index (χ2n) is 6.31. The molecule has 0 bridgehead atoms. The Balaban J connectivity index is 1.79. The monoisotopic (exact) mass is 318 g/mol. The smallest absolute Gasteiger partial charge is 0.410 e. The Morgan fingerprint density at radius 2 is 2.22 bits per heavy atom. The average molecular weight is 318 g/mol. The van der Waals surface area contributed by atoms with Crippen LogP contribution >= 0.6 is 0 Å². The zero-order valence-electron chi connectivity index (χ0n) is 13.3. The highest BCUT2D eigenvalue weighted by Crippen LogP contribution is 2.38. The SMILES string of the molecule is C=CCC1(c2ccc(F)cc2)CCN(C2CCCNC2)C(=O)O1. The van der Waals surface area contributed by atoms with Crippen LogP contribution in [0.1, 0.15) is 31.2 Å². The molecule has 2 atom stereocenters. The number of benzene rings is 1. The van der Waals surface area contributed by atoms with Gasteiger partial charge in [-0.2, -0.15) is 0 Å². The van der Waals surface area contributed by atoms with E-state index in [1.807, 2.05) is 4.90 Å². The summed E-state index contributed by atoms with van der Waals surface area (Å²) >= 11 is 0. The highest BCUT2D eigenvalue weighted by Gasteiger charge is 2.43. The molecule has 2 fully saturated rings. The highest BCUT2D eigenvalue weighted by atomic mass is 19.1. The lowest BCUT2D eigenvalue weighted by atomic mass is 9.85. The summed E-state index contributed by atoms with van der Waals surface area (Å²) in [5.74, 6) is -0.292. The molecule has 2 aliphatic rings. The molecule has 124 valence electrons. The molecule has 0 aliphatic carbocycles. The van der Waals surface area contributed by atoms with Gasteiger partial charge < -0.3 is 15.0 Å². The molecular formula is C18H23FN2O2. The molecule has 2 heterocycles. The number of cyclic esters (lactones) is 1. The Bertz CT molecular complexity index is 569. The maximum Gasteiger partial charge on any atom is 0.410 e. The lowest BCUT2D eigenvalue weighted by Crippen LogP contribution is -2.55. The summed E-state index contributed by atoms with van der Waals surface area (Å²) in [6, 6.07) is 6.41. The average Bonchev–Trinajstić information content (AvgIpc) is 2.56. The maximum atomic E-state index is 13.2. The molecule has 0 saturated carbocycles. The van der Waals surface area contributed by atoms with Gasteiger partial charge in [0.2, 0.25) is 0 Å². The number of carbonyl (C=O) groups is 1. The number of ether oxygens (including phenoxy) is 1. The number of carbonyl (C=O) groups excluding carboxylic acids is 1. The van der Waals surface area contributed by atoms with Crippen LogP contribution in [0.2, 0.25) is 0 Å². The van der Waals surface area contributed by atoms with Crippen molar-refractivity contribution in [1.82, 2.24) is 10.2 Å². The fraction of sp³-hybridized carbons (Fsp3) is 0.500. The minimum atomic E-state index is -0.731. The standard InChI is InChI=1S/C18H23FN2O2/c1-2-9-18(14-5-7-15(19)8-6-14)10-12-21(17(22)23-18)16-4-3-11-20-13-16/h2,5-8,16,20H,1,3-4,9-13H2. The highest BCUT2D eigenvalue weighted by molar-refractivity contribution is 5.70. The summed E-state index contributed by atoms with van der Waals surface area (Å²) in [5, 5.41) is 3.33. The predicted molar refractivity (Wildman–Crippen MR) is 86.6 cm³/mol. The number of piperidine rings is 1. The van der Waals surface area contributed by atoms with Crippen molar-refractivity contribution in [2.24, 2.45) is 0 Å². The third kappa shape index (κ3) is 3.24. The van der Waals surface area contributed by atoms with Gasteiger partial charge in [-0.1, -0.05) is 18.2 Å². The second-order valence-corrected chi connectivity index (χ2v) is 6.31. The molecule has 3 rings (SSSR count). The largest absolute Gasteiger partial charge is 0.437 e. The number of nitrogens with one attached hydrogen (secondary N) is 1. The number of hydrogen-bond acceptors (Lipinski definition) is 3. The van der Waals surface area contributed by atoms with Crippen LogP contribution in [-0.4, -0.2) is 36.7 Å². The van der Waals surface area contributed by atoms with Gasteiger partial charge in [0.25, 0.3) is 0 Å². The molecule has 1 aromatic rings. The summed E-state index contributed by atoms with van der Waals surface area (Å²) in [6.07, 6.45) is 4.77. The van der Waals surface area contributed by atoms with E-state index in [0.29, 0.717) is 19.4 Å². The first-order valence-corrected chi connectivity index (χ1v) is 8.22. The van der Waals surface area contributed by atoms with Crippen LogP contribution in [0.4, 0.5) is 9.18 Å². The van der Waals surface area contributed by atoms with E-state index in [9.17, 15) is 9.18 Å². The van der Waals surface area contributed by atoms with E-state index in [1.165, 1.54) is 12.1 Å². The predicted octanol–water partition coefficient (Wildman–Crippen LogP) is 3.19. The van der Waals surface area contributed by atoms with E-state index in [1.54, 1.807) is 18.2 Å². The lowest BCUT2D eigenvalue weighted by Gasteiger charge is -2.44. The molecule has 0 aromatic heterocycles. The minimum Gasteiger partial charge on any atom is -0.437 e. The van der Waals surface area contributed by atoms with Gasteiger partial charge in [-0.25, -0.2) is 9.18 Å². The molecule has 23 heavy (non-hydrogen) atoms. The van der Waals surface area contributed by atoms with Crippen molar-refractivity contribution in [3.63, 3.8) is 0 Å². The minimum absolute atomic E-state index is 0.200. The molecule has 1 amide bonds. The molecule has 0 spiro atoms. The zero-order chi connectivity index (χ0) is 16.3. The van der Waals surface area contributed by atoms with Gasteiger partial charge >= 0.3 is 6.09 Å². The van der Waals surface area contributed by atoms with Crippen LogP contribution in [0.15, 0.2) is 36.9 Å². The topological polar surface area (TPSA) is 41.6 Å². The van der Waals surface area contributed by atoms with Gasteiger partial charge in [-0.05, 0) is 37.1 Å². The molecule has 1 aromatic carbocycles. The third-order valence-electron chi connectivity index (χ3n) is 4.83. The van der Waals surface area contributed by atoms with Crippen LogP contribution in [0.5, 0.6) is 0 Å². The molecule has 2 aliphatic heterocycles. The molecular weight excluding hydrogens is 295 g/mol. The van der Waals surface area contributed by atoms with Crippen molar-refractivity contribution in [3.8, 4) is 0 Å². The summed E-state index contributed by atoms with van der Waals surface area (Å²) < 4.78 is 19.1. The molecule has 2 unspecified atom stereocenters. The van der Waals surface area contributed by atoms with Crippen LogP contribution < -0.4 is 5.32 Å². The molecule has 2 saturated heterocycles. The molecule has 4 nitrogen and oxygen atoms in total. The van der Waals surface area contributed by atoms with E-state index < -0.39 is 5.60 Å². The van der Waals surface area contributed by atoms with Crippen LogP contribution in [0.25, 0.3) is 0 Å². The van der Waals surface area contributed by atoms with E-state index in [-0.39, 0.29) is 18.0 Å². The second kappa shape index (κ2) is 6.71. The van der Waals surface area contributed by atoms with Crippen LogP contribution in [0.3, 0.4) is 0 Å². The van der Waals surface area contributed by atoms with Gasteiger partial charge in [0.05, 0.1) is 0 Å². The van der Waals surface area contributed by atoms with Gasteiger partial charge in [-0.15, -0.1) is 6.58 Å². The van der Waals surface area contributed by atoms with Gasteiger partial charge in [0.15, 0.2) is 0 Å². The number of hydrogen-bond donors (Lipinski definition) is 1. The van der Waals surface area contributed by atoms with Crippen LogP contribution in [0, 0.1) is 5.82 Å². The van der Waals surface area contributed by atoms with Gasteiger partial charge in [0, 0.05) is 32.0 Å². The normalized spacial score (nSPS) is 28.3. The van der Waals surface area contributed by atoms with Crippen molar-refractivity contribution in [1.29, 1.82) is 0 Å². The van der Waals surface area contributed by atoms with Crippen molar-refractivity contribution in [2.45, 2.75) is 37.3 Å². The Morgan fingerprint density at radius 3 is 2.83 bits per heavy atom. The summed E-state index contributed by atoms with van der Waals surface area (Å²) in [4.78, 5) is 14.4. The lowest BCUT2D eigenvalue weighted by molar-refractivity contribution is -0.0615. The molecule has 5 heteroatoms. The van der Waals surface area contributed by atoms with Crippen molar-refractivity contribution in [2.75, 3.05) is 19.6 Å². The fourth-order valence-corrected chi connectivity index (χ4v) is 3.55. The summed E-state index contributed by atoms with van der Waals surface area (Å²) in [6.45, 7) is 6.27. The Hall–Kier alpha value is -1.88. The Kier molecular flexibility index (Phi) is 4.66. The van der Waals surface area contributed by atoms with Crippen LogP contribution in [-0.2, 0) is 10.3 Å². The number of nitrogens with zero attached hydrogens (tertiary/aromatic N) is 1. The quantitative estimate of drug-likeness (QED) is 0.867. The number of amides is 1. The van der Waals surface area contributed by atoms with Crippen molar-refractivity contribution >= 4 is 6.09 Å². The molecule has 0 radical (unpaired) electrons. The number of rotatable bonds is 4. The van der Waals surface area contributed by atoms with Crippen molar-refractivity contribution in [3.05, 3.63) is 48.3 Å². The van der Waals surface area contributed by atoms with Crippen molar-refractivity contribution < 1.29 is 13.9 Å². The Labute approximate surface area is 136 Å². The van der Waals surface area contributed by atoms with E-state index >= 15 is 0 Å².